The van der Waals surface area contributed by atoms with Gasteiger partial charge in [-0.1, -0.05) is 36.9 Å². The standard InChI is InChI=1S/C19H15BrN2O2S/c1-2-11-24-14-9-7-13(8-10-14)12-17-18(23)22-19(25-17)21-16-6-4-3-5-15(16)20/h2-10,12H,1,11H2,(H,21,22,23)/b17-12+. The number of ether oxygens (including phenoxy) is 1. The number of para-hydroxylation sites is 1. The number of carbonyl (C=O) groups excluding carboxylic acids is 1. The fourth-order valence-electron chi connectivity index (χ4n) is 2.10. The van der Waals surface area contributed by atoms with E-state index < -0.39 is 0 Å². The first-order chi connectivity index (χ1) is 12.2. The summed E-state index contributed by atoms with van der Waals surface area (Å²) in [4.78, 5) is 17.2. The third-order valence-electron chi connectivity index (χ3n) is 3.27. The molecule has 0 bridgehead atoms. The van der Waals surface area contributed by atoms with Crippen LogP contribution in [0.5, 0.6) is 5.75 Å². The van der Waals surface area contributed by atoms with Gasteiger partial charge in [0.05, 0.1) is 10.6 Å². The minimum absolute atomic E-state index is 0.150. The molecule has 0 unspecified atom stereocenters. The van der Waals surface area contributed by atoms with E-state index in [2.05, 4.69) is 32.8 Å². The third-order valence-corrected chi connectivity index (χ3v) is 4.85. The van der Waals surface area contributed by atoms with Gasteiger partial charge in [-0.05, 0) is 63.6 Å². The number of hydrogen-bond acceptors (Lipinski definition) is 4. The minimum atomic E-state index is -0.150. The van der Waals surface area contributed by atoms with Gasteiger partial charge < -0.3 is 10.1 Å². The van der Waals surface area contributed by atoms with E-state index in [1.807, 2.05) is 54.6 Å². The van der Waals surface area contributed by atoms with Crippen molar-refractivity contribution >= 4 is 50.5 Å². The maximum atomic E-state index is 12.1. The zero-order valence-electron chi connectivity index (χ0n) is 13.2. The Labute approximate surface area is 158 Å². The highest BCUT2D eigenvalue weighted by Crippen LogP contribution is 2.31. The molecule has 1 aliphatic heterocycles. The number of amidine groups is 1. The van der Waals surface area contributed by atoms with Crippen molar-refractivity contribution in [2.45, 2.75) is 0 Å². The predicted molar refractivity (Wildman–Crippen MR) is 107 cm³/mol. The van der Waals surface area contributed by atoms with Crippen LogP contribution in [0.2, 0.25) is 0 Å². The number of nitrogens with zero attached hydrogens (tertiary/aromatic N) is 1. The number of thioether (sulfide) groups is 1. The van der Waals surface area contributed by atoms with Gasteiger partial charge in [-0.25, -0.2) is 4.99 Å². The zero-order valence-corrected chi connectivity index (χ0v) is 15.6. The summed E-state index contributed by atoms with van der Waals surface area (Å²) in [6.07, 6.45) is 3.53. The van der Waals surface area contributed by atoms with Crippen LogP contribution in [0.4, 0.5) is 5.69 Å². The van der Waals surface area contributed by atoms with Gasteiger partial charge in [0.15, 0.2) is 5.17 Å². The molecular formula is C19H15BrN2O2S. The maximum absolute atomic E-state index is 12.1. The molecular weight excluding hydrogens is 400 g/mol. The van der Waals surface area contributed by atoms with Crippen molar-refractivity contribution in [1.29, 1.82) is 0 Å². The van der Waals surface area contributed by atoms with Crippen LogP contribution in [0.15, 0.2) is 75.6 Å². The summed E-state index contributed by atoms with van der Waals surface area (Å²) in [6.45, 7) is 4.08. The fourth-order valence-corrected chi connectivity index (χ4v) is 3.31. The average Bonchev–Trinajstić information content (AvgIpc) is 2.95. The highest BCUT2D eigenvalue weighted by molar-refractivity contribution is 9.10. The summed E-state index contributed by atoms with van der Waals surface area (Å²) in [5, 5.41) is 3.35. The largest absolute Gasteiger partial charge is 0.490 e. The lowest BCUT2D eigenvalue weighted by Gasteiger charge is -2.03. The van der Waals surface area contributed by atoms with Gasteiger partial charge in [-0.15, -0.1) is 0 Å². The molecule has 0 aromatic heterocycles. The lowest BCUT2D eigenvalue weighted by Crippen LogP contribution is -2.19. The first-order valence-corrected chi connectivity index (χ1v) is 9.14. The molecule has 0 atom stereocenters. The molecule has 25 heavy (non-hydrogen) atoms. The van der Waals surface area contributed by atoms with Gasteiger partial charge in [0, 0.05) is 4.47 Å². The van der Waals surface area contributed by atoms with Crippen molar-refractivity contribution < 1.29 is 9.53 Å². The molecule has 1 amide bonds. The zero-order chi connectivity index (χ0) is 17.6. The van der Waals surface area contributed by atoms with Crippen LogP contribution >= 0.6 is 27.7 Å². The van der Waals surface area contributed by atoms with E-state index in [9.17, 15) is 4.79 Å². The molecule has 0 saturated carbocycles. The summed E-state index contributed by atoms with van der Waals surface area (Å²) in [5.74, 6) is 0.615. The first-order valence-electron chi connectivity index (χ1n) is 7.53. The van der Waals surface area contributed by atoms with Crippen LogP contribution in [0.1, 0.15) is 5.56 Å². The Morgan fingerprint density at radius 2 is 1.96 bits per heavy atom. The minimum Gasteiger partial charge on any atom is -0.490 e. The molecule has 6 heteroatoms. The van der Waals surface area contributed by atoms with Crippen molar-refractivity contribution in [3.05, 3.63) is 76.1 Å². The Morgan fingerprint density at radius 1 is 1.20 bits per heavy atom. The highest BCUT2D eigenvalue weighted by Gasteiger charge is 2.23. The summed E-state index contributed by atoms with van der Waals surface area (Å²) in [5.41, 5.74) is 1.70. The smallest absolute Gasteiger partial charge is 0.264 e. The Kier molecular flexibility index (Phi) is 5.73. The molecule has 3 rings (SSSR count). The van der Waals surface area contributed by atoms with Crippen LogP contribution in [0.3, 0.4) is 0 Å². The number of rotatable bonds is 5. The van der Waals surface area contributed by atoms with E-state index in [1.165, 1.54) is 11.8 Å². The Balaban J connectivity index is 1.75. The monoisotopic (exact) mass is 414 g/mol. The molecule has 2 aromatic carbocycles. The number of halogens is 1. The van der Waals surface area contributed by atoms with Gasteiger partial charge in [0.25, 0.3) is 5.91 Å². The second-order valence-corrected chi connectivity index (χ2v) is 6.99. The van der Waals surface area contributed by atoms with Crippen LogP contribution in [-0.2, 0) is 4.79 Å². The second kappa shape index (κ2) is 8.18. The molecule has 0 radical (unpaired) electrons. The molecule has 1 fully saturated rings. The summed E-state index contributed by atoms with van der Waals surface area (Å²) < 4.78 is 6.33. The number of amides is 1. The van der Waals surface area contributed by atoms with E-state index in [4.69, 9.17) is 4.74 Å². The quantitative estimate of drug-likeness (QED) is 0.558. The highest BCUT2D eigenvalue weighted by atomic mass is 79.9. The SMILES string of the molecule is C=CCOc1ccc(/C=C2/SC(=Nc3ccccc3Br)NC2=O)cc1. The van der Waals surface area contributed by atoms with Crippen molar-refractivity contribution in [3.8, 4) is 5.75 Å². The van der Waals surface area contributed by atoms with Crippen LogP contribution < -0.4 is 10.1 Å². The molecule has 126 valence electrons. The number of carbonyl (C=O) groups is 1. The van der Waals surface area contributed by atoms with Crippen LogP contribution in [-0.4, -0.2) is 17.7 Å². The van der Waals surface area contributed by atoms with E-state index in [-0.39, 0.29) is 5.91 Å². The molecule has 2 aromatic rings. The van der Waals surface area contributed by atoms with E-state index in [0.717, 1.165) is 21.5 Å². The molecule has 1 aliphatic rings. The maximum Gasteiger partial charge on any atom is 0.264 e. The predicted octanol–water partition coefficient (Wildman–Crippen LogP) is 4.91. The van der Waals surface area contributed by atoms with Crippen molar-refractivity contribution in [3.63, 3.8) is 0 Å². The van der Waals surface area contributed by atoms with Crippen LogP contribution in [0, 0.1) is 0 Å². The number of benzene rings is 2. The van der Waals surface area contributed by atoms with Crippen molar-refractivity contribution in [1.82, 2.24) is 5.32 Å². The van der Waals surface area contributed by atoms with E-state index in [1.54, 1.807) is 6.08 Å². The van der Waals surface area contributed by atoms with Gasteiger partial charge >= 0.3 is 0 Å². The van der Waals surface area contributed by atoms with Crippen molar-refractivity contribution in [2.75, 3.05) is 6.61 Å². The second-order valence-electron chi connectivity index (χ2n) is 5.10. The van der Waals surface area contributed by atoms with Gasteiger partial charge in [-0.2, -0.15) is 0 Å². The van der Waals surface area contributed by atoms with Gasteiger partial charge in [-0.3, -0.25) is 4.79 Å². The number of nitrogens with one attached hydrogen (secondary N) is 1. The lowest BCUT2D eigenvalue weighted by molar-refractivity contribution is -0.115. The third kappa shape index (κ3) is 4.61. The van der Waals surface area contributed by atoms with Gasteiger partial charge in [0.1, 0.15) is 12.4 Å². The number of hydrogen-bond donors (Lipinski definition) is 1. The molecule has 0 aliphatic carbocycles. The summed E-state index contributed by atoms with van der Waals surface area (Å²) in [6, 6.07) is 15.2. The molecule has 4 nitrogen and oxygen atoms in total. The molecule has 1 N–H and O–H groups in total. The lowest BCUT2D eigenvalue weighted by atomic mass is 10.2. The average molecular weight is 415 g/mol. The number of aliphatic imine (C=N–C) groups is 1. The first kappa shape index (κ1) is 17.5. The summed E-state index contributed by atoms with van der Waals surface area (Å²) in [7, 11) is 0. The molecule has 0 spiro atoms. The van der Waals surface area contributed by atoms with E-state index >= 15 is 0 Å². The van der Waals surface area contributed by atoms with Crippen LogP contribution in [0.25, 0.3) is 6.08 Å². The van der Waals surface area contributed by atoms with Gasteiger partial charge in [0.2, 0.25) is 0 Å². The van der Waals surface area contributed by atoms with E-state index in [0.29, 0.717) is 16.7 Å². The topological polar surface area (TPSA) is 50.7 Å². The molecule has 1 saturated heterocycles. The normalized spacial score (nSPS) is 16.9. The summed E-state index contributed by atoms with van der Waals surface area (Å²) >= 11 is 4.77. The Bertz CT molecular complexity index is 860. The fraction of sp³-hybridized carbons (Fsp3) is 0.0526. The Morgan fingerprint density at radius 3 is 2.68 bits per heavy atom. The molecule has 1 heterocycles. The Hall–Kier alpha value is -2.31. The van der Waals surface area contributed by atoms with Crippen molar-refractivity contribution in [2.24, 2.45) is 4.99 Å².